The lowest BCUT2D eigenvalue weighted by Crippen LogP contribution is -2.49. The van der Waals surface area contributed by atoms with Gasteiger partial charge in [-0.15, -0.1) is 0 Å². The van der Waals surface area contributed by atoms with Crippen LogP contribution < -0.4 is 5.32 Å². The van der Waals surface area contributed by atoms with Crippen molar-refractivity contribution in [3.63, 3.8) is 0 Å². The molecule has 1 fully saturated rings. The van der Waals surface area contributed by atoms with Gasteiger partial charge < -0.3 is 19.9 Å². The third kappa shape index (κ3) is 2.86. The number of β-amino-alcohol motifs (C(OH)–C–C–N with tert-alkyl or cyclic N) is 1. The smallest absolute Gasteiger partial charge is 0.308 e. The minimum Gasteiger partial charge on any atom is -0.469 e. The highest BCUT2D eigenvalue weighted by Crippen LogP contribution is 2.42. The van der Waals surface area contributed by atoms with Crippen molar-refractivity contribution in [1.29, 1.82) is 0 Å². The van der Waals surface area contributed by atoms with Gasteiger partial charge in [0.05, 0.1) is 26.1 Å². The van der Waals surface area contributed by atoms with Gasteiger partial charge in [-0.1, -0.05) is 0 Å². The molecule has 19 heavy (non-hydrogen) atoms. The number of nitrogens with one attached hydrogen (secondary N) is 1. The Morgan fingerprint density at radius 1 is 1.32 bits per heavy atom. The second kappa shape index (κ2) is 5.56. The number of methoxy groups -OCH3 is 2. The number of ether oxygens (including phenoxy) is 2. The van der Waals surface area contributed by atoms with Crippen molar-refractivity contribution in [3.8, 4) is 0 Å². The molecule has 0 aromatic heterocycles. The first-order valence-electron chi connectivity index (χ1n) is 5.93. The highest BCUT2D eigenvalue weighted by molar-refractivity contribution is 5.88. The van der Waals surface area contributed by atoms with E-state index in [1.165, 1.54) is 21.1 Å². The molecule has 2 unspecified atom stereocenters. The molecule has 1 aliphatic heterocycles. The van der Waals surface area contributed by atoms with Crippen LogP contribution in [0.4, 0.5) is 0 Å². The largest absolute Gasteiger partial charge is 0.469 e. The molecular formula is C12H19NO6. The maximum Gasteiger partial charge on any atom is 0.308 e. The number of aliphatic hydroxyl groups is 1. The van der Waals surface area contributed by atoms with Crippen LogP contribution in [0.3, 0.4) is 0 Å². The average molecular weight is 273 g/mol. The Balaban J connectivity index is 2.88. The van der Waals surface area contributed by atoms with Crippen LogP contribution in [0.1, 0.15) is 26.2 Å². The van der Waals surface area contributed by atoms with Gasteiger partial charge in [0.1, 0.15) is 5.60 Å². The number of carbonyl (C=O) groups excluding carboxylic acids is 3. The van der Waals surface area contributed by atoms with Crippen LogP contribution in [-0.2, 0) is 23.9 Å². The van der Waals surface area contributed by atoms with Gasteiger partial charge in [-0.2, -0.15) is 0 Å². The van der Waals surface area contributed by atoms with E-state index in [2.05, 4.69) is 14.8 Å². The van der Waals surface area contributed by atoms with Crippen molar-refractivity contribution in [2.24, 2.45) is 5.41 Å². The highest BCUT2D eigenvalue weighted by atomic mass is 16.5. The molecule has 2 N–H and O–H groups in total. The van der Waals surface area contributed by atoms with Gasteiger partial charge in [-0.25, -0.2) is 0 Å². The molecule has 0 aliphatic carbocycles. The normalized spacial score (nSPS) is 29.8. The number of hydrogen-bond acceptors (Lipinski definition) is 6. The summed E-state index contributed by atoms with van der Waals surface area (Å²) in [6.07, 6.45) is -0.219. The number of amides is 1. The molecule has 0 radical (unpaired) electrons. The van der Waals surface area contributed by atoms with Crippen molar-refractivity contribution in [2.75, 3.05) is 20.8 Å². The Kier molecular flexibility index (Phi) is 4.52. The molecule has 1 saturated heterocycles. The summed E-state index contributed by atoms with van der Waals surface area (Å²) in [5, 5.41) is 13.1. The quantitative estimate of drug-likeness (QED) is 0.647. The molecular weight excluding hydrogens is 254 g/mol. The van der Waals surface area contributed by atoms with Gasteiger partial charge in [0, 0.05) is 13.0 Å². The van der Waals surface area contributed by atoms with Crippen LogP contribution in [0.15, 0.2) is 0 Å². The Hall–Kier alpha value is -1.63. The fourth-order valence-electron chi connectivity index (χ4n) is 2.20. The third-order valence-corrected chi connectivity index (χ3v) is 3.79. The molecule has 1 heterocycles. The summed E-state index contributed by atoms with van der Waals surface area (Å²) in [5.74, 6) is -1.47. The summed E-state index contributed by atoms with van der Waals surface area (Å²) < 4.78 is 9.04. The first-order chi connectivity index (χ1) is 8.79. The van der Waals surface area contributed by atoms with Gasteiger partial charge in [0.15, 0.2) is 0 Å². The van der Waals surface area contributed by atoms with E-state index in [1.54, 1.807) is 0 Å². The summed E-state index contributed by atoms with van der Waals surface area (Å²) in [4.78, 5) is 34.4. The average Bonchev–Trinajstić information content (AvgIpc) is 2.61. The molecule has 1 amide bonds. The molecule has 7 heteroatoms. The maximum absolute atomic E-state index is 11.9. The van der Waals surface area contributed by atoms with Crippen molar-refractivity contribution in [3.05, 3.63) is 0 Å². The second-order valence-corrected chi connectivity index (χ2v) is 4.88. The number of hydrogen-bond donors (Lipinski definition) is 2. The van der Waals surface area contributed by atoms with E-state index in [9.17, 15) is 19.5 Å². The summed E-state index contributed by atoms with van der Waals surface area (Å²) in [5.41, 5.74) is -2.79. The first-order valence-corrected chi connectivity index (χ1v) is 5.93. The zero-order chi connectivity index (χ0) is 14.7. The van der Waals surface area contributed by atoms with Gasteiger partial charge in [0.25, 0.3) is 0 Å². The molecule has 0 aromatic rings. The molecule has 2 atom stereocenters. The van der Waals surface area contributed by atoms with Crippen LogP contribution in [0.25, 0.3) is 0 Å². The molecule has 0 bridgehead atoms. The molecule has 0 saturated carbocycles. The first kappa shape index (κ1) is 15.4. The van der Waals surface area contributed by atoms with E-state index in [4.69, 9.17) is 0 Å². The van der Waals surface area contributed by atoms with E-state index in [0.717, 1.165) is 0 Å². The van der Waals surface area contributed by atoms with Gasteiger partial charge in [-0.05, 0) is 13.3 Å². The Labute approximate surface area is 111 Å². The SMILES string of the molecule is COC(=O)CCC1(C)C(=O)NCC1(O)CC(=O)OC. The molecule has 7 nitrogen and oxygen atoms in total. The van der Waals surface area contributed by atoms with E-state index < -0.39 is 23.0 Å². The van der Waals surface area contributed by atoms with Crippen molar-refractivity contribution in [1.82, 2.24) is 5.32 Å². The summed E-state index contributed by atoms with van der Waals surface area (Å²) in [6.45, 7) is 1.49. The third-order valence-electron chi connectivity index (χ3n) is 3.79. The molecule has 108 valence electrons. The van der Waals surface area contributed by atoms with E-state index >= 15 is 0 Å². The molecule has 0 spiro atoms. The lowest BCUT2D eigenvalue weighted by Gasteiger charge is -2.35. The van der Waals surface area contributed by atoms with Crippen LogP contribution in [0.5, 0.6) is 0 Å². The number of carbonyl (C=O) groups is 3. The van der Waals surface area contributed by atoms with E-state index in [-0.39, 0.29) is 31.7 Å². The van der Waals surface area contributed by atoms with Crippen LogP contribution in [0.2, 0.25) is 0 Å². The molecule has 0 aromatic carbocycles. The lowest BCUT2D eigenvalue weighted by molar-refractivity contribution is -0.154. The summed E-state index contributed by atoms with van der Waals surface area (Å²) in [6, 6.07) is 0. The zero-order valence-corrected chi connectivity index (χ0v) is 11.3. The lowest BCUT2D eigenvalue weighted by atomic mass is 9.70. The number of esters is 2. The zero-order valence-electron chi connectivity index (χ0n) is 11.3. The van der Waals surface area contributed by atoms with E-state index in [1.807, 2.05) is 0 Å². The summed E-state index contributed by atoms with van der Waals surface area (Å²) in [7, 11) is 2.46. The highest BCUT2D eigenvalue weighted by Gasteiger charge is 2.57. The van der Waals surface area contributed by atoms with Gasteiger partial charge >= 0.3 is 11.9 Å². The maximum atomic E-state index is 11.9. The predicted molar refractivity (Wildman–Crippen MR) is 63.9 cm³/mol. The Morgan fingerprint density at radius 2 is 1.89 bits per heavy atom. The fourth-order valence-corrected chi connectivity index (χ4v) is 2.20. The van der Waals surface area contributed by atoms with Gasteiger partial charge in [-0.3, -0.25) is 14.4 Å². The fraction of sp³-hybridized carbons (Fsp3) is 0.750. The monoisotopic (exact) mass is 273 g/mol. The predicted octanol–water partition coefficient (Wildman–Crippen LogP) is -0.630. The Bertz CT molecular complexity index is 396. The Morgan fingerprint density at radius 3 is 2.42 bits per heavy atom. The van der Waals surface area contributed by atoms with Crippen molar-refractivity contribution >= 4 is 17.8 Å². The van der Waals surface area contributed by atoms with Crippen LogP contribution in [-0.4, -0.2) is 49.3 Å². The standard InChI is InChI=1S/C12H19NO6/c1-11(5-4-8(14)18-2)10(16)13-7-12(11,17)6-9(15)19-3/h17H,4-7H2,1-3H3,(H,13,16). The van der Waals surface area contributed by atoms with Crippen molar-refractivity contribution in [2.45, 2.75) is 31.8 Å². The topological polar surface area (TPSA) is 102 Å². The van der Waals surface area contributed by atoms with E-state index in [0.29, 0.717) is 0 Å². The van der Waals surface area contributed by atoms with Crippen molar-refractivity contribution < 1.29 is 29.0 Å². The van der Waals surface area contributed by atoms with Crippen LogP contribution >= 0.6 is 0 Å². The molecule has 1 rings (SSSR count). The minimum atomic E-state index is -1.56. The van der Waals surface area contributed by atoms with Crippen LogP contribution in [0, 0.1) is 5.41 Å². The van der Waals surface area contributed by atoms with Gasteiger partial charge in [0.2, 0.25) is 5.91 Å². The second-order valence-electron chi connectivity index (χ2n) is 4.88. The number of rotatable bonds is 5. The summed E-state index contributed by atoms with van der Waals surface area (Å²) >= 11 is 0. The minimum absolute atomic E-state index is 0.0100. The molecule has 1 aliphatic rings.